The molecule has 0 bridgehead atoms. The Morgan fingerprint density at radius 3 is 2.33 bits per heavy atom. The molecule has 1 N–H and O–H groups in total. The van der Waals surface area contributed by atoms with Crippen LogP contribution in [0.15, 0.2) is 18.3 Å². The van der Waals surface area contributed by atoms with E-state index >= 15 is 0 Å². The van der Waals surface area contributed by atoms with E-state index in [-0.39, 0.29) is 5.41 Å². The van der Waals surface area contributed by atoms with Crippen LogP contribution in [-0.4, -0.2) is 30.7 Å². The SMILES string of the molecule is CCNC1CCC(N(C)c2ccc(C(C)(C)C)cn2)CC1. The van der Waals surface area contributed by atoms with Gasteiger partial charge in [0, 0.05) is 25.3 Å². The van der Waals surface area contributed by atoms with Crippen molar-refractivity contribution in [2.24, 2.45) is 0 Å². The van der Waals surface area contributed by atoms with Gasteiger partial charge in [0.05, 0.1) is 0 Å². The van der Waals surface area contributed by atoms with Crippen LogP contribution in [0.5, 0.6) is 0 Å². The molecule has 0 unspecified atom stereocenters. The van der Waals surface area contributed by atoms with Crippen molar-refractivity contribution >= 4 is 5.82 Å². The van der Waals surface area contributed by atoms with Crippen LogP contribution in [0.4, 0.5) is 5.82 Å². The third-order valence-electron chi connectivity index (χ3n) is 4.71. The molecule has 3 nitrogen and oxygen atoms in total. The number of rotatable bonds is 4. The normalized spacial score (nSPS) is 23.1. The van der Waals surface area contributed by atoms with Gasteiger partial charge in [-0.2, -0.15) is 0 Å². The van der Waals surface area contributed by atoms with Crippen LogP contribution in [0.1, 0.15) is 58.9 Å². The molecule has 1 fully saturated rings. The minimum absolute atomic E-state index is 0.175. The van der Waals surface area contributed by atoms with E-state index in [2.05, 4.69) is 62.1 Å². The molecule has 1 aromatic heterocycles. The van der Waals surface area contributed by atoms with Gasteiger partial charge in [-0.05, 0) is 49.3 Å². The van der Waals surface area contributed by atoms with Crippen LogP contribution in [-0.2, 0) is 5.41 Å². The van der Waals surface area contributed by atoms with Crippen LogP contribution in [0.3, 0.4) is 0 Å². The number of nitrogens with one attached hydrogen (secondary N) is 1. The van der Waals surface area contributed by atoms with Crippen molar-refractivity contribution in [3.05, 3.63) is 23.9 Å². The number of pyridine rings is 1. The van der Waals surface area contributed by atoms with E-state index < -0.39 is 0 Å². The fraction of sp³-hybridized carbons (Fsp3) is 0.722. The number of nitrogens with zero attached hydrogens (tertiary/aromatic N) is 2. The molecule has 0 amide bonds. The fourth-order valence-electron chi connectivity index (χ4n) is 3.18. The Balaban J connectivity index is 1.96. The molecule has 3 heteroatoms. The van der Waals surface area contributed by atoms with Crippen LogP contribution < -0.4 is 10.2 Å². The number of anilines is 1. The molecular formula is C18H31N3. The second kappa shape index (κ2) is 6.78. The van der Waals surface area contributed by atoms with Gasteiger partial charge in [-0.3, -0.25) is 0 Å². The van der Waals surface area contributed by atoms with E-state index in [4.69, 9.17) is 0 Å². The summed E-state index contributed by atoms with van der Waals surface area (Å²) in [6.45, 7) is 9.97. The van der Waals surface area contributed by atoms with Crippen molar-refractivity contribution < 1.29 is 0 Å². The summed E-state index contributed by atoms with van der Waals surface area (Å²) in [4.78, 5) is 7.06. The third-order valence-corrected chi connectivity index (χ3v) is 4.71. The first-order valence-electron chi connectivity index (χ1n) is 8.34. The predicted octanol–water partition coefficient (Wildman–Crippen LogP) is 3.74. The lowest BCUT2D eigenvalue weighted by Gasteiger charge is -2.35. The van der Waals surface area contributed by atoms with E-state index in [1.54, 1.807) is 0 Å². The standard InChI is InChI=1S/C18H31N3/c1-6-19-15-8-10-16(11-9-15)21(5)17-12-7-14(13-20-17)18(2,3)4/h7,12-13,15-16,19H,6,8-11H2,1-5H3. The summed E-state index contributed by atoms with van der Waals surface area (Å²) in [6, 6.07) is 5.75. The van der Waals surface area contributed by atoms with Crippen LogP contribution >= 0.6 is 0 Å². The maximum atomic E-state index is 4.69. The number of aromatic nitrogens is 1. The zero-order chi connectivity index (χ0) is 15.5. The smallest absolute Gasteiger partial charge is 0.128 e. The summed E-state index contributed by atoms with van der Waals surface area (Å²) >= 11 is 0. The molecule has 2 rings (SSSR count). The molecule has 1 heterocycles. The average Bonchev–Trinajstić information content (AvgIpc) is 2.47. The van der Waals surface area contributed by atoms with Gasteiger partial charge in [0.2, 0.25) is 0 Å². The molecule has 0 spiro atoms. The van der Waals surface area contributed by atoms with Gasteiger partial charge in [0.15, 0.2) is 0 Å². The third kappa shape index (κ3) is 4.19. The molecule has 1 aliphatic carbocycles. The zero-order valence-corrected chi connectivity index (χ0v) is 14.3. The molecule has 0 atom stereocenters. The Bertz CT molecular complexity index is 425. The van der Waals surface area contributed by atoms with E-state index in [0.717, 1.165) is 18.4 Å². The first-order chi connectivity index (χ1) is 9.91. The van der Waals surface area contributed by atoms with Gasteiger partial charge in [-0.25, -0.2) is 4.98 Å². The predicted molar refractivity (Wildman–Crippen MR) is 91.1 cm³/mol. The molecule has 1 aliphatic rings. The highest BCUT2D eigenvalue weighted by atomic mass is 15.2. The van der Waals surface area contributed by atoms with Crippen LogP contribution in [0, 0.1) is 0 Å². The molecule has 0 aromatic carbocycles. The lowest BCUT2D eigenvalue weighted by molar-refractivity contribution is 0.340. The number of hydrogen-bond donors (Lipinski definition) is 1. The van der Waals surface area contributed by atoms with Crippen molar-refractivity contribution in [3.8, 4) is 0 Å². The van der Waals surface area contributed by atoms with Crippen molar-refractivity contribution in [1.82, 2.24) is 10.3 Å². The Labute approximate surface area is 130 Å². The van der Waals surface area contributed by atoms with E-state index in [1.807, 2.05) is 6.20 Å². The summed E-state index contributed by atoms with van der Waals surface area (Å²) < 4.78 is 0. The molecular weight excluding hydrogens is 258 g/mol. The van der Waals surface area contributed by atoms with E-state index in [0.29, 0.717) is 6.04 Å². The van der Waals surface area contributed by atoms with Gasteiger partial charge in [0.25, 0.3) is 0 Å². The van der Waals surface area contributed by atoms with Crippen molar-refractivity contribution in [1.29, 1.82) is 0 Å². The minimum atomic E-state index is 0.175. The summed E-state index contributed by atoms with van der Waals surface area (Å²) in [6.07, 6.45) is 7.12. The molecule has 21 heavy (non-hydrogen) atoms. The highest BCUT2D eigenvalue weighted by Crippen LogP contribution is 2.27. The maximum absolute atomic E-state index is 4.69. The van der Waals surface area contributed by atoms with Gasteiger partial charge >= 0.3 is 0 Å². The van der Waals surface area contributed by atoms with Gasteiger partial charge in [-0.15, -0.1) is 0 Å². The second-order valence-corrected chi connectivity index (χ2v) is 7.33. The van der Waals surface area contributed by atoms with E-state index in [9.17, 15) is 0 Å². The summed E-state index contributed by atoms with van der Waals surface area (Å²) in [5.74, 6) is 1.11. The van der Waals surface area contributed by atoms with Crippen LogP contribution in [0.25, 0.3) is 0 Å². The summed E-state index contributed by atoms with van der Waals surface area (Å²) in [7, 11) is 2.19. The molecule has 118 valence electrons. The highest BCUT2D eigenvalue weighted by Gasteiger charge is 2.24. The van der Waals surface area contributed by atoms with Gasteiger partial charge in [-0.1, -0.05) is 33.8 Å². The maximum Gasteiger partial charge on any atom is 0.128 e. The summed E-state index contributed by atoms with van der Waals surface area (Å²) in [5, 5.41) is 3.57. The molecule has 0 aliphatic heterocycles. The number of hydrogen-bond acceptors (Lipinski definition) is 3. The lowest BCUT2D eigenvalue weighted by Crippen LogP contribution is -2.41. The topological polar surface area (TPSA) is 28.2 Å². The van der Waals surface area contributed by atoms with Gasteiger partial charge in [0.1, 0.15) is 5.82 Å². The Morgan fingerprint density at radius 1 is 1.19 bits per heavy atom. The summed E-state index contributed by atoms with van der Waals surface area (Å²) in [5.41, 5.74) is 1.48. The fourth-order valence-corrected chi connectivity index (χ4v) is 3.18. The minimum Gasteiger partial charge on any atom is -0.357 e. The molecule has 1 saturated carbocycles. The Hall–Kier alpha value is -1.09. The Kier molecular flexibility index (Phi) is 5.26. The first-order valence-corrected chi connectivity index (χ1v) is 8.34. The molecule has 0 saturated heterocycles. The average molecular weight is 289 g/mol. The van der Waals surface area contributed by atoms with Crippen molar-refractivity contribution in [3.63, 3.8) is 0 Å². The lowest BCUT2D eigenvalue weighted by atomic mass is 9.88. The van der Waals surface area contributed by atoms with Crippen molar-refractivity contribution in [2.75, 3.05) is 18.5 Å². The molecule has 0 radical (unpaired) electrons. The van der Waals surface area contributed by atoms with E-state index in [1.165, 1.54) is 31.2 Å². The zero-order valence-electron chi connectivity index (χ0n) is 14.3. The van der Waals surface area contributed by atoms with Gasteiger partial charge < -0.3 is 10.2 Å². The van der Waals surface area contributed by atoms with Crippen LogP contribution in [0.2, 0.25) is 0 Å². The largest absolute Gasteiger partial charge is 0.357 e. The highest BCUT2D eigenvalue weighted by molar-refractivity contribution is 5.40. The Morgan fingerprint density at radius 2 is 1.86 bits per heavy atom. The first kappa shape index (κ1) is 16.3. The second-order valence-electron chi connectivity index (χ2n) is 7.33. The quantitative estimate of drug-likeness (QED) is 0.915. The monoisotopic (exact) mass is 289 g/mol. The van der Waals surface area contributed by atoms with Crippen molar-refractivity contribution in [2.45, 2.75) is 70.9 Å². The molecule has 1 aromatic rings.